The highest BCUT2D eigenvalue weighted by atomic mass is 79.9. The molecule has 2 nitrogen and oxygen atoms in total. The van der Waals surface area contributed by atoms with Gasteiger partial charge in [0, 0.05) is 23.2 Å². The minimum absolute atomic E-state index is 0.0225. The van der Waals surface area contributed by atoms with Crippen molar-refractivity contribution in [3.8, 4) is 0 Å². The highest BCUT2D eigenvalue weighted by Gasteiger charge is 2.50. The van der Waals surface area contributed by atoms with Gasteiger partial charge in [-0.15, -0.1) is 0 Å². The number of hydrogen-bond donors (Lipinski definition) is 0. The lowest BCUT2D eigenvalue weighted by molar-refractivity contribution is 0.205. The molecule has 1 atom stereocenters. The molecule has 0 bridgehead atoms. The van der Waals surface area contributed by atoms with Crippen LogP contribution in [0.15, 0.2) is 83.5 Å². The first-order valence-corrected chi connectivity index (χ1v) is 12.4. The van der Waals surface area contributed by atoms with E-state index in [1.165, 1.54) is 10.4 Å². The number of benzene rings is 2. The van der Waals surface area contributed by atoms with E-state index in [-0.39, 0.29) is 11.1 Å². The third-order valence-corrected chi connectivity index (χ3v) is 11.0. The lowest BCUT2D eigenvalue weighted by Crippen LogP contribution is -2.67. The number of aromatic nitrogens is 1. The molecule has 28 heavy (non-hydrogen) atoms. The first-order chi connectivity index (χ1) is 13.3. The van der Waals surface area contributed by atoms with Crippen LogP contribution in [0, 0.1) is 0 Å². The zero-order valence-corrected chi connectivity index (χ0v) is 19.6. The molecule has 0 radical (unpaired) electrons. The van der Waals surface area contributed by atoms with Gasteiger partial charge in [-0.05, 0) is 50.4 Å². The van der Waals surface area contributed by atoms with Crippen molar-refractivity contribution in [1.82, 2.24) is 4.98 Å². The summed E-state index contributed by atoms with van der Waals surface area (Å²) in [4.78, 5) is 4.54. The molecule has 1 heterocycles. The zero-order valence-electron chi connectivity index (χ0n) is 17.0. The maximum Gasteiger partial charge on any atom is 0.261 e. The SMILES string of the molecule is CC(Cc1ncccc1Br)O[Si](c1ccccc1)(c1ccccc1)C(C)(C)C. The molecular formula is C24H28BrNOSi. The Hall–Kier alpha value is -1.75. The Labute approximate surface area is 178 Å². The highest BCUT2D eigenvalue weighted by Crippen LogP contribution is 2.37. The van der Waals surface area contributed by atoms with E-state index in [0.717, 1.165) is 16.6 Å². The van der Waals surface area contributed by atoms with E-state index >= 15 is 0 Å². The first kappa shape index (κ1) is 21.0. The Morgan fingerprint density at radius 3 is 1.89 bits per heavy atom. The molecule has 1 unspecified atom stereocenters. The zero-order chi connectivity index (χ0) is 20.2. The van der Waals surface area contributed by atoms with Crippen LogP contribution in [-0.2, 0) is 10.8 Å². The van der Waals surface area contributed by atoms with Crippen LogP contribution in [0.5, 0.6) is 0 Å². The summed E-state index contributed by atoms with van der Waals surface area (Å²) in [6.45, 7) is 9.09. The van der Waals surface area contributed by atoms with Crippen molar-refractivity contribution in [3.05, 3.63) is 89.2 Å². The fourth-order valence-electron chi connectivity index (χ4n) is 3.88. The molecule has 0 spiro atoms. The molecule has 0 saturated heterocycles. The quantitative estimate of drug-likeness (QED) is 0.469. The van der Waals surface area contributed by atoms with Crippen molar-refractivity contribution in [1.29, 1.82) is 0 Å². The van der Waals surface area contributed by atoms with Gasteiger partial charge in [-0.3, -0.25) is 4.98 Å². The van der Waals surface area contributed by atoms with E-state index in [0.29, 0.717) is 0 Å². The van der Waals surface area contributed by atoms with Crippen LogP contribution < -0.4 is 10.4 Å². The lowest BCUT2D eigenvalue weighted by atomic mass is 10.2. The Morgan fingerprint density at radius 1 is 0.893 bits per heavy atom. The highest BCUT2D eigenvalue weighted by molar-refractivity contribution is 9.10. The van der Waals surface area contributed by atoms with E-state index in [1.807, 2.05) is 18.3 Å². The number of rotatable bonds is 6. The average molecular weight is 454 g/mol. The first-order valence-electron chi connectivity index (χ1n) is 9.73. The largest absolute Gasteiger partial charge is 0.404 e. The molecular weight excluding hydrogens is 426 g/mol. The summed E-state index contributed by atoms with van der Waals surface area (Å²) in [5, 5.41) is 2.59. The summed E-state index contributed by atoms with van der Waals surface area (Å²) in [6, 6.07) is 25.5. The average Bonchev–Trinajstić information content (AvgIpc) is 2.68. The topological polar surface area (TPSA) is 22.1 Å². The molecule has 2 aromatic carbocycles. The van der Waals surface area contributed by atoms with Crippen LogP contribution in [0.1, 0.15) is 33.4 Å². The van der Waals surface area contributed by atoms with Gasteiger partial charge in [-0.2, -0.15) is 0 Å². The molecule has 0 amide bonds. The second kappa shape index (κ2) is 8.72. The summed E-state index contributed by atoms with van der Waals surface area (Å²) in [5.41, 5.74) is 1.04. The van der Waals surface area contributed by atoms with Gasteiger partial charge in [-0.1, -0.05) is 81.4 Å². The number of halogens is 1. The van der Waals surface area contributed by atoms with E-state index in [1.54, 1.807) is 0 Å². The van der Waals surface area contributed by atoms with Crippen LogP contribution >= 0.6 is 15.9 Å². The minimum atomic E-state index is -2.53. The molecule has 1 aromatic heterocycles. The van der Waals surface area contributed by atoms with E-state index in [4.69, 9.17) is 4.43 Å². The summed E-state index contributed by atoms with van der Waals surface area (Å²) in [7, 11) is -2.53. The summed E-state index contributed by atoms with van der Waals surface area (Å²) < 4.78 is 8.15. The number of pyridine rings is 1. The van der Waals surface area contributed by atoms with Gasteiger partial charge in [-0.25, -0.2) is 0 Å². The second-order valence-corrected chi connectivity index (χ2v) is 13.3. The fourth-order valence-corrected chi connectivity index (χ4v) is 8.99. The van der Waals surface area contributed by atoms with Crippen molar-refractivity contribution < 1.29 is 4.43 Å². The predicted molar refractivity (Wildman–Crippen MR) is 124 cm³/mol. The Morgan fingerprint density at radius 2 is 1.43 bits per heavy atom. The van der Waals surface area contributed by atoms with E-state index in [2.05, 4.69) is 109 Å². The van der Waals surface area contributed by atoms with Crippen LogP contribution in [0.4, 0.5) is 0 Å². The molecule has 4 heteroatoms. The molecule has 0 aliphatic carbocycles. The van der Waals surface area contributed by atoms with Crippen molar-refractivity contribution in [2.75, 3.05) is 0 Å². The molecule has 0 aliphatic rings. The van der Waals surface area contributed by atoms with Gasteiger partial charge in [0.05, 0.1) is 5.69 Å². The standard InChI is InChI=1S/C24H28BrNOSi/c1-19(18-23-22(25)16-11-17-26-23)27-28(24(2,3)4,20-12-7-5-8-13-20)21-14-9-6-10-15-21/h5-17,19H,18H2,1-4H3. The van der Waals surface area contributed by atoms with Gasteiger partial charge in [0.2, 0.25) is 0 Å². The van der Waals surface area contributed by atoms with Crippen molar-refractivity contribution in [2.45, 2.75) is 45.3 Å². The van der Waals surface area contributed by atoms with Gasteiger partial charge in [0.15, 0.2) is 0 Å². The van der Waals surface area contributed by atoms with Gasteiger partial charge >= 0.3 is 0 Å². The Kier molecular flexibility index (Phi) is 6.53. The van der Waals surface area contributed by atoms with Crippen molar-refractivity contribution in [3.63, 3.8) is 0 Å². The normalized spacial score (nSPS) is 13.3. The molecule has 0 N–H and O–H groups in total. The van der Waals surface area contributed by atoms with Gasteiger partial charge in [0.1, 0.15) is 0 Å². The Bertz CT molecular complexity index is 854. The summed E-state index contributed by atoms with van der Waals surface area (Å²) in [6.07, 6.45) is 2.65. The number of hydrogen-bond acceptors (Lipinski definition) is 2. The van der Waals surface area contributed by atoms with Crippen molar-refractivity contribution in [2.24, 2.45) is 0 Å². The fraction of sp³-hybridized carbons (Fsp3) is 0.292. The maximum absolute atomic E-state index is 7.11. The third-order valence-electron chi connectivity index (χ3n) is 5.11. The summed E-state index contributed by atoms with van der Waals surface area (Å²) in [5.74, 6) is 0. The third kappa shape index (κ3) is 4.29. The monoisotopic (exact) mass is 453 g/mol. The molecule has 146 valence electrons. The van der Waals surface area contributed by atoms with Gasteiger partial charge in [0.25, 0.3) is 8.32 Å². The summed E-state index contributed by atoms with van der Waals surface area (Å²) >= 11 is 3.63. The van der Waals surface area contributed by atoms with Crippen LogP contribution in [0.3, 0.4) is 0 Å². The molecule has 3 rings (SSSR count). The van der Waals surface area contributed by atoms with Gasteiger partial charge < -0.3 is 4.43 Å². The van der Waals surface area contributed by atoms with Crippen molar-refractivity contribution >= 4 is 34.6 Å². The lowest BCUT2D eigenvalue weighted by Gasteiger charge is -2.44. The minimum Gasteiger partial charge on any atom is -0.404 e. The van der Waals surface area contributed by atoms with Crippen LogP contribution in [0.2, 0.25) is 5.04 Å². The van der Waals surface area contributed by atoms with Crippen LogP contribution in [-0.4, -0.2) is 19.4 Å². The predicted octanol–water partition coefficient (Wildman–Crippen LogP) is 5.35. The van der Waals surface area contributed by atoms with Crippen LogP contribution in [0.25, 0.3) is 0 Å². The molecule has 3 aromatic rings. The number of nitrogens with zero attached hydrogens (tertiary/aromatic N) is 1. The second-order valence-electron chi connectivity index (χ2n) is 8.23. The smallest absolute Gasteiger partial charge is 0.261 e. The Balaban J connectivity index is 2.07. The molecule has 0 saturated carbocycles. The van der Waals surface area contributed by atoms with E-state index in [9.17, 15) is 0 Å². The molecule has 0 aliphatic heterocycles. The van der Waals surface area contributed by atoms with E-state index < -0.39 is 8.32 Å². The maximum atomic E-state index is 7.11. The molecule has 0 fully saturated rings.